The molecule has 8 heteroatoms. The van der Waals surface area contributed by atoms with Gasteiger partial charge in [-0.3, -0.25) is 0 Å². The fraction of sp³-hybridized carbons (Fsp3) is 0.333. The van der Waals surface area contributed by atoms with Crippen molar-refractivity contribution in [3.8, 4) is 17.0 Å². The predicted octanol–water partition coefficient (Wildman–Crippen LogP) is 4.30. The van der Waals surface area contributed by atoms with Gasteiger partial charge in [0.2, 0.25) is 0 Å². The van der Waals surface area contributed by atoms with Gasteiger partial charge in [-0.25, -0.2) is 4.79 Å². The van der Waals surface area contributed by atoms with E-state index in [4.69, 9.17) is 21.1 Å². The van der Waals surface area contributed by atoms with E-state index in [0.29, 0.717) is 16.3 Å². The summed E-state index contributed by atoms with van der Waals surface area (Å²) in [7, 11) is 0. The molecule has 1 aliphatic rings. The van der Waals surface area contributed by atoms with E-state index in [9.17, 15) is 8.68 Å². The molecule has 1 heterocycles. The molecule has 23 heavy (non-hydrogen) atoms. The first-order valence-electron chi connectivity index (χ1n) is 7.14. The molecule has 0 aliphatic heterocycles. The van der Waals surface area contributed by atoms with E-state index in [1.165, 1.54) is 6.20 Å². The van der Waals surface area contributed by atoms with E-state index >= 15 is 0 Å². The van der Waals surface area contributed by atoms with Gasteiger partial charge in [-0.05, 0) is 38.0 Å². The summed E-state index contributed by atoms with van der Waals surface area (Å²) >= 11 is 5.96. The molecule has 1 aromatic heterocycles. The van der Waals surface area contributed by atoms with E-state index < -0.39 is 5.97 Å². The molecule has 1 saturated carbocycles. The first-order chi connectivity index (χ1) is 11.1. The van der Waals surface area contributed by atoms with Crippen LogP contribution in [-0.4, -0.2) is 27.9 Å². The Balaban J connectivity index is 2.07. The van der Waals surface area contributed by atoms with E-state index in [1.807, 2.05) is 0 Å². The Morgan fingerprint density at radius 3 is 2.96 bits per heavy atom. The zero-order chi connectivity index (χ0) is 16.4. The minimum absolute atomic E-state index is 0.106. The quantitative estimate of drug-likeness (QED) is 0.722. The molecule has 0 spiro atoms. The van der Waals surface area contributed by atoms with Crippen molar-refractivity contribution in [2.24, 2.45) is 0 Å². The Hall–Kier alpha value is -1.73. The average molecular weight is 357 g/mol. The van der Waals surface area contributed by atoms with Crippen LogP contribution in [0, 0.1) is 0 Å². The molecule has 0 amide bonds. The standard InChI is InChI=1S/C15H14ClFN2O3S/c1-2-21-15(20)12-8-19(23-17)18-14(12)11-7-9(16)3-6-13(11)22-10-4-5-10/h3,6-8,10H,2,4-5H2,1H3. The van der Waals surface area contributed by atoms with Crippen LogP contribution < -0.4 is 4.74 Å². The number of halogens is 2. The zero-order valence-corrected chi connectivity index (χ0v) is 13.9. The van der Waals surface area contributed by atoms with Crippen LogP contribution in [0.1, 0.15) is 30.1 Å². The highest BCUT2D eigenvalue weighted by Crippen LogP contribution is 2.38. The van der Waals surface area contributed by atoms with Crippen molar-refractivity contribution < 1.29 is 18.2 Å². The summed E-state index contributed by atoms with van der Waals surface area (Å²) in [6.45, 7) is 1.92. The maximum Gasteiger partial charge on any atom is 0.342 e. The number of carbonyl (C=O) groups excluding carboxylic acids is 1. The third-order valence-electron chi connectivity index (χ3n) is 3.27. The maximum atomic E-state index is 12.9. The molecule has 0 unspecified atom stereocenters. The second kappa shape index (κ2) is 6.80. The largest absolute Gasteiger partial charge is 0.490 e. The summed E-state index contributed by atoms with van der Waals surface area (Å²) in [6.07, 6.45) is 3.43. The van der Waals surface area contributed by atoms with Crippen LogP contribution in [-0.2, 0) is 4.74 Å². The minimum Gasteiger partial charge on any atom is -0.490 e. The second-order valence-corrected chi connectivity index (χ2v) is 5.99. The summed E-state index contributed by atoms with van der Waals surface area (Å²) < 4.78 is 24.7. The van der Waals surface area contributed by atoms with Gasteiger partial charge in [-0.15, -0.1) is 3.89 Å². The summed E-state index contributed by atoms with van der Waals surface area (Å²) in [5.41, 5.74) is 0.993. The van der Waals surface area contributed by atoms with Crippen LogP contribution in [0.25, 0.3) is 11.3 Å². The summed E-state index contributed by atoms with van der Waals surface area (Å²) in [5.74, 6) is -0.00305. The molecule has 0 radical (unpaired) electrons. The number of rotatable bonds is 6. The van der Waals surface area contributed by atoms with Gasteiger partial charge < -0.3 is 9.47 Å². The highest BCUT2D eigenvalue weighted by atomic mass is 35.5. The molecule has 1 aromatic carbocycles. The lowest BCUT2D eigenvalue weighted by Crippen LogP contribution is -2.06. The summed E-state index contributed by atoms with van der Waals surface area (Å²) in [4.78, 5) is 12.1. The third kappa shape index (κ3) is 3.61. The topological polar surface area (TPSA) is 53.4 Å². The molecule has 2 aromatic rings. The molecule has 0 atom stereocenters. The van der Waals surface area contributed by atoms with Gasteiger partial charge in [0.05, 0.1) is 18.9 Å². The smallest absolute Gasteiger partial charge is 0.342 e. The average Bonchev–Trinajstić information content (AvgIpc) is 3.24. The van der Waals surface area contributed by atoms with Crippen LogP contribution in [0.15, 0.2) is 24.4 Å². The van der Waals surface area contributed by atoms with Crippen molar-refractivity contribution in [2.75, 3.05) is 6.61 Å². The molecule has 1 aliphatic carbocycles. The summed E-state index contributed by atoms with van der Waals surface area (Å²) in [5, 5.41) is 4.57. The molecular formula is C15H14ClFN2O3S. The lowest BCUT2D eigenvalue weighted by Gasteiger charge is -2.11. The van der Waals surface area contributed by atoms with Crippen molar-refractivity contribution in [3.05, 3.63) is 35.0 Å². The highest BCUT2D eigenvalue weighted by Gasteiger charge is 2.27. The molecule has 1 fully saturated rings. The lowest BCUT2D eigenvalue weighted by atomic mass is 10.1. The van der Waals surface area contributed by atoms with Gasteiger partial charge in [0.1, 0.15) is 17.0 Å². The maximum absolute atomic E-state index is 12.9. The van der Waals surface area contributed by atoms with Crippen LogP contribution in [0.2, 0.25) is 5.02 Å². The van der Waals surface area contributed by atoms with E-state index in [0.717, 1.165) is 16.9 Å². The van der Waals surface area contributed by atoms with Gasteiger partial charge in [0.15, 0.2) is 12.3 Å². The Morgan fingerprint density at radius 2 is 2.30 bits per heavy atom. The SMILES string of the molecule is CCOC(=O)c1cn(SF)nc1-c1cc(Cl)ccc1OC1CC1. The van der Waals surface area contributed by atoms with Crippen LogP contribution >= 0.6 is 23.9 Å². The second-order valence-electron chi connectivity index (χ2n) is 5.04. The van der Waals surface area contributed by atoms with Crippen molar-refractivity contribution in [1.82, 2.24) is 9.19 Å². The molecule has 0 bridgehead atoms. The highest BCUT2D eigenvalue weighted by molar-refractivity contribution is 7.92. The number of benzene rings is 1. The monoisotopic (exact) mass is 356 g/mol. The molecule has 0 N–H and O–H groups in total. The van der Waals surface area contributed by atoms with E-state index in [1.54, 1.807) is 25.1 Å². The first-order valence-corrected chi connectivity index (χ1v) is 8.20. The Bertz CT molecular complexity index is 734. The minimum atomic E-state index is -0.569. The van der Waals surface area contributed by atoms with Gasteiger partial charge in [0, 0.05) is 10.6 Å². The lowest BCUT2D eigenvalue weighted by molar-refractivity contribution is 0.0527. The van der Waals surface area contributed by atoms with Crippen molar-refractivity contribution in [3.63, 3.8) is 0 Å². The van der Waals surface area contributed by atoms with Crippen LogP contribution in [0.4, 0.5) is 3.89 Å². The zero-order valence-electron chi connectivity index (χ0n) is 12.3. The third-order valence-corrected chi connectivity index (χ3v) is 3.84. The van der Waals surface area contributed by atoms with Gasteiger partial charge in [0.25, 0.3) is 0 Å². The number of ether oxygens (including phenoxy) is 2. The Kier molecular flexibility index (Phi) is 4.77. The number of carbonyl (C=O) groups is 1. The van der Waals surface area contributed by atoms with E-state index in [-0.39, 0.29) is 36.3 Å². The van der Waals surface area contributed by atoms with Crippen molar-refractivity contribution >= 4 is 29.9 Å². The number of esters is 1. The number of hydrogen-bond acceptors (Lipinski definition) is 5. The number of aromatic nitrogens is 2. The van der Waals surface area contributed by atoms with Crippen molar-refractivity contribution in [2.45, 2.75) is 25.9 Å². The first kappa shape index (κ1) is 16.1. The Labute approximate surface area is 142 Å². The van der Waals surface area contributed by atoms with Gasteiger partial charge in [-0.1, -0.05) is 11.6 Å². The fourth-order valence-electron chi connectivity index (χ4n) is 2.10. The van der Waals surface area contributed by atoms with Crippen LogP contribution in [0.5, 0.6) is 5.75 Å². The Morgan fingerprint density at radius 1 is 1.52 bits per heavy atom. The normalized spacial score (nSPS) is 13.9. The molecule has 3 rings (SSSR count). The predicted molar refractivity (Wildman–Crippen MR) is 86.4 cm³/mol. The molecular weight excluding hydrogens is 343 g/mol. The number of nitrogens with zero attached hydrogens (tertiary/aromatic N) is 2. The molecule has 0 saturated heterocycles. The molecule has 5 nitrogen and oxygen atoms in total. The number of hydrogen-bond donors (Lipinski definition) is 0. The summed E-state index contributed by atoms with van der Waals surface area (Å²) in [6, 6.07) is 5.08. The van der Waals surface area contributed by atoms with Gasteiger partial charge >= 0.3 is 5.97 Å². The van der Waals surface area contributed by atoms with Crippen molar-refractivity contribution in [1.29, 1.82) is 0 Å². The molecule has 122 valence electrons. The fourth-order valence-corrected chi connectivity index (χ4v) is 2.53. The van der Waals surface area contributed by atoms with Crippen LogP contribution in [0.3, 0.4) is 0 Å². The van der Waals surface area contributed by atoms with E-state index in [2.05, 4.69) is 5.10 Å². The van der Waals surface area contributed by atoms with Gasteiger partial charge in [-0.2, -0.15) is 9.19 Å².